The van der Waals surface area contributed by atoms with Crippen molar-refractivity contribution >= 4 is 23.5 Å². The molecule has 1 amide bonds. The predicted molar refractivity (Wildman–Crippen MR) is 119 cm³/mol. The van der Waals surface area contributed by atoms with Gasteiger partial charge in [-0.2, -0.15) is 0 Å². The Morgan fingerprint density at radius 2 is 1.93 bits per heavy atom. The van der Waals surface area contributed by atoms with E-state index in [2.05, 4.69) is 26.3 Å². The van der Waals surface area contributed by atoms with Crippen LogP contribution in [0.2, 0.25) is 5.02 Å². The number of nitrogens with zero attached hydrogens (tertiary/aromatic N) is 2. The third-order valence-corrected chi connectivity index (χ3v) is 6.63. The van der Waals surface area contributed by atoms with Crippen molar-refractivity contribution in [3.05, 3.63) is 57.0 Å². The molecular weight excluding hydrogens is 400 g/mol. The van der Waals surface area contributed by atoms with E-state index in [1.165, 1.54) is 18.9 Å². The molecule has 2 heterocycles. The second kappa shape index (κ2) is 9.21. The lowest BCUT2D eigenvalue weighted by Gasteiger charge is -2.33. The van der Waals surface area contributed by atoms with E-state index in [1.807, 2.05) is 25.1 Å². The van der Waals surface area contributed by atoms with E-state index >= 15 is 0 Å². The zero-order chi connectivity index (χ0) is 21.1. The number of halogens is 1. The highest BCUT2D eigenvalue weighted by molar-refractivity contribution is 6.30. The van der Waals surface area contributed by atoms with Crippen molar-refractivity contribution in [2.24, 2.45) is 11.8 Å². The van der Waals surface area contributed by atoms with E-state index in [9.17, 15) is 9.59 Å². The van der Waals surface area contributed by atoms with Crippen LogP contribution < -0.4 is 15.8 Å². The highest BCUT2D eigenvalue weighted by Gasteiger charge is 2.32. The van der Waals surface area contributed by atoms with Crippen LogP contribution in [-0.2, 0) is 4.79 Å². The molecule has 1 unspecified atom stereocenters. The van der Waals surface area contributed by atoms with Crippen LogP contribution in [0.5, 0.6) is 0 Å². The largest absolute Gasteiger partial charge is 0.349 e. The van der Waals surface area contributed by atoms with Crippen molar-refractivity contribution in [3.63, 3.8) is 0 Å². The number of anilines is 1. The number of nitrogens with one attached hydrogen (secondary N) is 2. The Hall–Kier alpha value is -2.34. The van der Waals surface area contributed by atoms with Crippen LogP contribution in [0.25, 0.3) is 0 Å². The molecule has 1 saturated heterocycles. The van der Waals surface area contributed by atoms with Gasteiger partial charge in [-0.3, -0.25) is 14.6 Å². The molecule has 2 N–H and O–H groups in total. The first kappa shape index (κ1) is 20.9. The average Bonchev–Trinajstić information content (AvgIpc) is 3.26. The van der Waals surface area contributed by atoms with Crippen LogP contribution in [0, 0.1) is 18.8 Å². The number of aryl methyl sites for hydroxylation is 1. The van der Waals surface area contributed by atoms with Gasteiger partial charge in [0, 0.05) is 35.8 Å². The summed E-state index contributed by atoms with van der Waals surface area (Å²) in [6, 6.07) is 9.39. The highest BCUT2D eigenvalue weighted by Crippen LogP contribution is 2.37. The third kappa shape index (κ3) is 4.86. The van der Waals surface area contributed by atoms with E-state index in [0.29, 0.717) is 35.7 Å². The molecule has 0 spiro atoms. The minimum absolute atomic E-state index is 0.0199. The van der Waals surface area contributed by atoms with Crippen LogP contribution in [-0.4, -0.2) is 29.0 Å². The summed E-state index contributed by atoms with van der Waals surface area (Å²) in [5.74, 6) is 1.16. The number of rotatable bonds is 5. The number of carbonyl (C=O) groups excluding carboxylic acids is 1. The summed E-state index contributed by atoms with van der Waals surface area (Å²) in [7, 11) is 0. The molecule has 1 aromatic carbocycles. The van der Waals surface area contributed by atoms with Gasteiger partial charge in [0.25, 0.3) is 5.56 Å². The average molecular weight is 429 g/mol. The maximum absolute atomic E-state index is 13.1. The van der Waals surface area contributed by atoms with Crippen LogP contribution in [0.4, 0.5) is 5.95 Å². The summed E-state index contributed by atoms with van der Waals surface area (Å²) in [5, 5.41) is 4.06. The minimum atomic E-state index is -0.140. The van der Waals surface area contributed by atoms with Crippen molar-refractivity contribution in [1.82, 2.24) is 15.3 Å². The van der Waals surface area contributed by atoms with Crippen molar-refractivity contribution < 1.29 is 4.79 Å². The fourth-order valence-corrected chi connectivity index (χ4v) is 5.00. The molecule has 1 aromatic heterocycles. The summed E-state index contributed by atoms with van der Waals surface area (Å²) in [6.45, 7) is 3.23. The topological polar surface area (TPSA) is 78.1 Å². The molecule has 2 aromatic rings. The SMILES string of the molecule is Cc1cc(=O)[nH]c(N2CCC(C(=O)NC(c3cccc(Cl)c3)C3CCCC3)CC2)n1. The molecule has 2 aliphatic rings. The van der Waals surface area contributed by atoms with Gasteiger partial charge in [0.05, 0.1) is 6.04 Å². The summed E-state index contributed by atoms with van der Waals surface area (Å²) in [5.41, 5.74) is 1.66. The summed E-state index contributed by atoms with van der Waals surface area (Å²) in [6.07, 6.45) is 6.22. The first-order chi connectivity index (χ1) is 14.5. The van der Waals surface area contributed by atoms with Gasteiger partial charge in [0.1, 0.15) is 0 Å². The number of piperidine rings is 1. The first-order valence-corrected chi connectivity index (χ1v) is 11.3. The van der Waals surface area contributed by atoms with Crippen LogP contribution >= 0.6 is 11.6 Å². The van der Waals surface area contributed by atoms with Gasteiger partial charge < -0.3 is 10.2 Å². The smallest absolute Gasteiger partial charge is 0.252 e. The molecule has 2 fully saturated rings. The molecule has 7 heteroatoms. The van der Waals surface area contributed by atoms with Crippen LogP contribution in [0.1, 0.15) is 55.8 Å². The van der Waals surface area contributed by atoms with Gasteiger partial charge in [0.15, 0.2) is 0 Å². The standard InChI is InChI=1S/C23H29ClN4O2/c1-15-13-20(29)26-23(25-15)28-11-9-17(10-12-28)22(30)27-21(16-5-2-3-6-16)18-7-4-8-19(24)14-18/h4,7-8,13-14,16-17,21H,2-3,5-6,9-12H2,1H3,(H,27,30)(H,25,26,29). The van der Waals surface area contributed by atoms with Gasteiger partial charge in [-0.25, -0.2) is 4.98 Å². The Morgan fingerprint density at radius 1 is 1.20 bits per heavy atom. The molecule has 1 aliphatic heterocycles. The van der Waals surface area contributed by atoms with Gasteiger partial charge in [-0.15, -0.1) is 0 Å². The minimum Gasteiger partial charge on any atom is -0.349 e. The zero-order valence-corrected chi connectivity index (χ0v) is 18.1. The van der Waals surface area contributed by atoms with Gasteiger partial charge in [-0.1, -0.05) is 36.6 Å². The maximum Gasteiger partial charge on any atom is 0.252 e. The van der Waals surface area contributed by atoms with Gasteiger partial charge >= 0.3 is 0 Å². The number of aromatic amines is 1. The quantitative estimate of drug-likeness (QED) is 0.754. The lowest BCUT2D eigenvalue weighted by molar-refractivity contribution is -0.126. The Kier molecular flexibility index (Phi) is 6.42. The van der Waals surface area contributed by atoms with Crippen LogP contribution in [0.3, 0.4) is 0 Å². The number of aromatic nitrogens is 2. The molecule has 4 rings (SSSR count). The molecule has 1 aliphatic carbocycles. The van der Waals surface area contributed by atoms with Crippen molar-refractivity contribution in [1.29, 1.82) is 0 Å². The monoisotopic (exact) mass is 428 g/mol. The van der Waals surface area contributed by atoms with Crippen molar-refractivity contribution in [3.8, 4) is 0 Å². The van der Waals surface area contributed by atoms with Crippen LogP contribution in [0.15, 0.2) is 35.1 Å². The van der Waals surface area contributed by atoms with E-state index in [4.69, 9.17) is 11.6 Å². The lowest BCUT2D eigenvalue weighted by Crippen LogP contribution is -2.43. The number of carbonyl (C=O) groups is 1. The second-order valence-corrected chi connectivity index (χ2v) is 8.99. The number of amides is 1. The summed E-state index contributed by atoms with van der Waals surface area (Å²) in [4.78, 5) is 34.2. The Balaban J connectivity index is 1.41. The summed E-state index contributed by atoms with van der Waals surface area (Å²) >= 11 is 6.23. The van der Waals surface area contributed by atoms with Crippen molar-refractivity contribution in [2.45, 2.75) is 51.5 Å². The Labute approximate surface area is 182 Å². The summed E-state index contributed by atoms with van der Waals surface area (Å²) < 4.78 is 0. The molecule has 1 atom stereocenters. The van der Waals surface area contributed by atoms with Gasteiger partial charge in [-0.05, 0) is 56.2 Å². The fourth-order valence-electron chi connectivity index (χ4n) is 4.80. The molecule has 160 valence electrons. The highest BCUT2D eigenvalue weighted by atomic mass is 35.5. The normalized spacial score (nSPS) is 19.1. The van der Waals surface area contributed by atoms with E-state index in [-0.39, 0.29) is 23.4 Å². The third-order valence-electron chi connectivity index (χ3n) is 6.40. The van der Waals surface area contributed by atoms with E-state index in [1.54, 1.807) is 0 Å². The molecule has 30 heavy (non-hydrogen) atoms. The van der Waals surface area contributed by atoms with Gasteiger partial charge in [0.2, 0.25) is 11.9 Å². The Morgan fingerprint density at radius 3 is 2.60 bits per heavy atom. The van der Waals surface area contributed by atoms with Crippen molar-refractivity contribution in [2.75, 3.05) is 18.0 Å². The predicted octanol–water partition coefficient (Wildman–Crippen LogP) is 4.00. The molecule has 0 radical (unpaired) electrons. The van der Waals surface area contributed by atoms with E-state index < -0.39 is 0 Å². The maximum atomic E-state index is 13.1. The number of benzene rings is 1. The number of H-pyrrole nitrogens is 1. The first-order valence-electron chi connectivity index (χ1n) is 10.9. The number of hydrogen-bond acceptors (Lipinski definition) is 4. The number of hydrogen-bond donors (Lipinski definition) is 2. The zero-order valence-electron chi connectivity index (χ0n) is 17.4. The Bertz CT molecular complexity index is 946. The van der Waals surface area contributed by atoms with E-state index in [0.717, 1.165) is 31.2 Å². The molecule has 6 nitrogen and oxygen atoms in total. The lowest BCUT2D eigenvalue weighted by atomic mass is 9.89. The fraction of sp³-hybridized carbons (Fsp3) is 0.522. The second-order valence-electron chi connectivity index (χ2n) is 8.56. The molecule has 1 saturated carbocycles. The molecule has 0 bridgehead atoms. The molecular formula is C23H29ClN4O2.